The van der Waals surface area contributed by atoms with Crippen molar-refractivity contribution in [3.63, 3.8) is 0 Å². The summed E-state index contributed by atoms with van der Waals surface area (Å²) in [7, 11) is 0. The van der Waals surface area contributed by atoms with E-state index in [1.807, 2.05) is 30.3 Å². The van der Waals surface area contributed by atoms with Crippen LogP contribution in [0.2, 0.25) is 0 Å². The molecule has 0 radical (unpaired) electrons. The molecule has 0 atom stereocenters. The van der Waals surface area contributed by atoms with Crippen LogP contribution in [0, 0.1) is 0 Å². The van der Waals surface area contributed by atoms with Gasteiger partial charge in [0.2, 0.25) is 0 Å². The second kappa shape index (κ2) is 7.42. The lowest BCUT2D eigenvalue weighted by atomic mass is 10.1. The first-order chi connectivity index (χ1) is 11.3. The largest absolute Gasteiger partial charge is 0.351 e. The van der Waals surface area contributed by atoms with Crippen LogP contribution in [0.1, 0.15) is 34.1 Å². The Morgan fingerprint density at radius 3 is 2.52 bits per heavy atom. The third-order valence-corrected chi connectivity index (χ3v) is 5.16. The van der Waals surface area contributed by atoms with E-state index in [-0.39, 0.29) is 5.91 Å². The fraction of sp³-hybridized carbons (Fsp3) is 0.250. The van der Waals surface area contributed by atoms with Gasteiger partial charge in [-0.1, -0.05) is 61.9 Å². The van der Waals surface area contributed by atoms with E-state index < -0.39 is 0 Å². The highest BCUT2D eigenvalue weighted by molar-refractivity contribution is 7.21. The SMILES string of the molecule is CCCc1c(C(=O)NCCc2ccccc2)sc2ccccc12. The van der Waals surface area contributed by atoms with Crippen LogP contribution in [0.5, 0.6) is 0 Å². The number of hydrogen-bond donors (Lipinski definition) is 1. The number of carbonyl (C=O) groups excluding carboxylic acids is 1. The van der Waals surface area contributed by atoms with Crippen molar-refractivity contribution in [2.75, 3.05) is 6.54 Å². The van der Waals surface area contributed by atoms with Crippen LogP contribution in [0.4, 0.5) is 0 Å². The van der Waals surface area contributed by atoms with E-state index in [9.17, 15) is 4.79 Å². The standard InChI is InChI=1S/C20H21NOS/c1-2-8-17-16-11-6-7-12-18(16)23-19(17)20(22)21-14-13-15-9-4-3-5-10-15/h3-7,9-12H,2,8,13-14H2,1H3,(H,21,22). The molecule has 1 heterocycles. The Bertz CT molecular complexity index is 792. The maximum atomic E-state index is 12.6. The van der Waals surface area contributed by atoms with Gasteiger partial charge in [0.25, 0.3) is 5.91 Å². The molecule has 1 N–H and O–H groups in total. The van der Waals surface area contributed by atoms with Crippen molar-refractivity contribution in [1.82, 2.24) is 5.32 Å². The molecule has 0 aliphatic rings. The van der Waals surface area contributed by atoms with Crippen LogP contribution < -0.4 is 5.32 Å². The average Bonchev–Trinajstić information content (AvgIpc) is 2.95. The highest BCUT2D eigenvalue weighted by Gasteiger charge is 2.17. The minimum Gasteiger partial charge on any atom is -0.351 e. The number of nitrogens with one attached hydrogen (secondary N) is 1. The monoisotopic (exact) mass is 323 g/mol. The molecular weight excluding hydrogens is 302 g/mol. The van der Waals surface area contributed by atoms with Gasteiger partial charge < -0.3 is 5.32 Å². The van der Waals surface area contributed by atoms with Gasteiger partial charge in [0.1, 0.15) is 0 Å². The predicted octanol–water partition coefficient (Wildman–Crippen LogP) is 4.83. The fourth-order valence-electron chi connectivity index (χ4n) is 2.83. The van der Waals surface area contributed by atoms with Crippen LogP contribution in [-0.2, 0) is 12.8 Å². The molecule has 0 bridgehead atoms. The van der Waals surface area contributed by atoms with Gasteiger partial charge in [0.15, 0.2) is 0 Å². The van der Waals surface area contributed by atoms with Crippen molar-refractivity contribution < 1.29 is 4.79 Å². The van der Waals surface area contributed by atoms with Gasteiger partial charge in [-0.3, -0.25) is 4.79 Å². The average molecular weight is 323 g/mol. The third kappa shape index (κ3) is 3.62. The van der Waals surface area contributed by atoms with E-state index in [1.165, 1.54) is 21.2 Å². The number of carbonyl (C=O) groups is 1. The fourth-order valence-corrected chi connectivity index (χ4v) is 3.99. The van der Waals surface area contributed by atoms with E-state index in [0.29, 0.717) is 6.54 Å². The molecule has 0 aliphatic heterocycles. The van der Waals surface area contributed by atoms with Gasteiger partial charge in [-0.2, -0.15) is 0 Å². The Morgan fingerprint density at radius 2 is 1.74 bits per heavy atom. The molecule has 0 saturated carbocycles. The Hall–Kier alpha value is -2.13. The first kappa shape index (κ1) is 15.8. The van der Waals surface area contributed by atoms with Crippen molar-refractivity contribution in [3.05, 3.63) is 70.6 Å². The van der Waals surface area contributed by atoms with Crippen LogP contribution in [0.15, 0.2) is 54.6 Å². The topological polar surface area (TPSA) is 29.1 Å². The lowest BCUT2D eigenvalue weighted by Gasteiger charge is -2.06. The number of rotatable bonds is 6. The smallest absolute Gasteiger partial charge is 0.261 e. The van der Waals surface area contributed by atoms with E-state index in [0.717, 1.165) is 24.1 Å². The third-order valence-electron chi connectivity index (χ3n) is 3.95. The van der Waals surface area contributed by atoms with Gasteiger partial charge in [-0.25, -0.2) is 0 Å². The van der Waals surface area contributed by atoms with E-state index in [4.69, 9.17) is 0 Å². The molecule has 2 aromatic carbocycles. The molecule has 23 heavy (non-hydrogen) atoms. The van der Waals surface area contributed by atoms with Crippen molar-refractivity contribution >= 4 is 27.3 Å². The summed E-state index contributed by atoms with van der Waals surface area (Å²) in [6, 6.07) is 18.6. The second-order valence-corrected chi connectivity index (χ2v) is 6.70. The first-order valence-corrected chi connectivity index (χ1v) is 8.93. The molecule has 3 heteroatoms. The van der Waals surface area contributed by atoms with E-state index in [1.54, 1.807) is 11.3 Å². The molecule has 3 rings (SSSR count). The Balaban J connectivity index is 1.74. The molecule has 1 aromatic heterocycles. The van der Waals surface area contributed by atoms with Crippen LogP contribution in [0.3, 0.4) is 0 Å². The molecule has 1 amide bonds. The second-order valence-electron chi connectivity index (χ2n) is 5.65. The van der Waals surface area contributed by atoms with Gasteiger partial charge in [0.05, 0.1) is 4.88 Å². The summed E-state index contributed by atoms with van der Waals surface area (Å²) in [5, 5.41) is 4.31. The molecule has 2 nitrogen and oxygen atoms in total. The highest BCUT2D eigenvalue weighted by atomic mass is 32.1. The molecule has 0 unspecified atom stereocenters. The summed E-state index contributed by atoms with van der Waals surface area (Å²) in [5.41, 5.74) is 2.45. The Morgan fingerprint density at radius 1 is 1.00 bits per heavy atom. The highest BCUT2D eigenvalue weighted by Crippen LogP contribution is 2.32. The number of benzene rings is 2. The molecule has 0 spiro atoms. The summed E-state index contributed by atoms with van der Waals surface area (Å²) >= 11 is 1.61. The lowest BCUT2D eigenvalue weighted by molar-refractivity contribution is 0.0957. The summed E-state index contributed by atoms with van der Waals surface area (Å²) in [5.74, 6) is 0.0607. The summed E-state index contributed by atoms with van der Waals surface area (Å²) in [4.78, 5) is 13.5. The normalized spacial score (nSPS) is 10.8. The minimum atomic E-state index is 0.0607. The number of hydrogen-bond acceptors (Lipinski definition) is 2. The van der Waals surface area contributed by atoms with Crippen LogP contribution >= 0.6 is 11.3 Å². The number of fused-ring (bicyclic) bond motifs is 1. The van der Waals surface area contributed by atoms with Crippen molar-refractivity contribution in [1.29, 1.82) is 0 Å². The van der Waals surface area contributed by atoms with Crippen molar-refractivity contribution in [3.8, 4) is 0 Å². The van der Waals surface area contributed by atoms with Gasteiger partial charge >= 0.3 is 0 Å². The molecule has 0 fully saturated rings. The zero-order valence-electron chi connectivity index (χ0n) is 13.3. The number of amides is 1. The van der Waals surface area contributed by atoms with Gasteiger partial charge in [0, 0.05) is 11.2 Å². The van der Waals surface area contributed by atoms with Crippen molar-refractivity contribution in [2.45, 2.75) is 26.2 Å². The van der Waals surface area contributed by atoms with E-state index in [2.05, 4.69) is 36.5 Å². The first-order valence-electron chi connectivity index (χ1n) is 8.12. The predicted molar refractivity (Wildman–Crippen MR) is 98.3 cm³/mol. The Kier molecular flexibility index (Phi) is 5.09. The van der Waals surface area contributed by atoms with Gasteiger partial charge in [-0.05, 0) is 35.4 Å². The molecule has 0 saturated heterocycles. The molecular formula is C20H21NOS. The minimum absolute atomic E-state index is 0.0607. The molecule has 3 aromatic rings. The van der Waals surface area contributed by atoms with Gasteiger partial charge in [-0.15, -0.1) is 11.3 Å². The lowest BCUT2D eigenvalue weighted by Crippen LogP contribution is -2.25. The summed E-state index contributed by atoms with van der Waals surface area (Å²) in [6.07, 6.45) is 2.86. The molecule has 0 aliphatic carbocycles. The van der Waals surface area contributed by atoms with Crippen molar-refractivity contribution in [2.24, 2.45) is 0 Å². The zero-order valence-corrected chi connectivity index (χ0v) is 14.2. The summed E-state index contributed by atoms with van der Waals surface area (Å²) < 4.78 is 1.20. The molecule has 118 valence electrons. The Labute approximate surface area is 141 Å². The van der Waals surface area contributed by atoms with Crippen LogP contribution in [0.25, 0.3) is 10.1 Å². The van der Waals surface area contributed by atoms with E-state index >= 15 is 0 Å². The quantitative estimate of drug-likeness (QED) is 0.692. The number of thiophene rings is 1. The summed E-state index contributed by atoms with van der Waals surface area (Å²) in [6.45, 7) is 2.83. The zero-order chi connectivity index (χ0) is 16.1. The van der Waals surface area contributed by atoms with Crippen LogP contribution in [-0.4, -0.2) is 12.5 Å². The number of aryl methyl sites for hydroxylation is 1. The maximum absolute atomic E-state index is 12.6. The maximum Gasteiger partial charge on any atom is 0.261 e.